The van der Waals surface area contributed by atoms with Crippen molar-refractivity contribution in [1.29, 1.82) is 0 Å². The summed E-state index contributed by atoms with van der Waals surface area (Å²) in [6, 6.07) is 0. The SMILES string of the molecule is COC1CCNCCCNCCCN(C)CCC[N]1[Ti+3].[Cl-].[Cl-].[Cl-]. The molecule has 0 aromatic rings. The largest absolute Gasteiger partial charge is 1.00 e. The molecule has 1 saturated heterocycles. The Balaban J connectivity index is -0.00000133. The van der Waals surface area contributed by atoms with Gasteiger partial charge in [-0.05, 0) is 0 Å². The number of halogens is 3. The zero-order chi connectivity index (χ0) is 14.6. The van der Waals surface area contributed by atoms with Crippen LogP contribution in [0.1, 0.15) is 25.7 Å². The van der Waals surface area contributed by atoms with Crippen molar-refractivity contribution in [3.8, 4) is 0 Å². The summed E-state index contributed by atoms with van der Waals surface area (Å²) in [6.45, 7) is 7.82. The summed E-state index contributed by atoms with van der Waals surface area (Å²) in [4.78, 5) is 2.44. The van der Waals surface area contributed by atoms with Gasteiger partial charge in [-0.2, -0.15) is 0 Å². The molecule has 0 aromatic heterocycles. The third-order valence-corrected chi connectivity index (χ3v) is 4.53. The van der Waals surface area contributed by atoms with Gasteiger partial charge in [-0.1, -0.05) is 0 Å². The number of hydrogen-bond donors (Lipinski definition) is 2. The Morgan fingerprint density at radius 2 is 1.43 bits per heavy atom. The number of rotatable bonds is 1. The first-order valence-electron chi connectivity index (χ1n) is 7.84. The van der Waals surface area contributed by atoms with Crippen molar-refractivity contribution >= 4 is 0 Å². The van der Waals surface area contributed by atoms with Gasteiger partial charge in [-0.25, -0.2) is 0 Å². The maximum Gasteiger partial charge on any atom is -1.00 e. The minimum absolute atomic E-state index is 0. The number of methoxy groups -OCH3 is 1. The normalized spacial score (nSPS) is 23.9. The minimum atomic E-state index is 0. The Kier molecular flexibility index (Phi) is 25.0. The first-order chi connectivity index (χ1) is 9.74. The van der Waals surface area contributed by atoms with E-state index >= 15 is 0 Å². The Morgan fingerprint density at radius 3 is 2.09 bits per heavy atom. The Morgan fingerprint density at radius 1 is 0.870 bits per heavy atom. The van der Waals surface area contributed by atoms with Gasteiger partial charge in [-0.15, -0.1) is 0 Å². The molecule has 1 aliphatic rings. The summed E-state index contributed by atoms with van der Waals surface area (Å²) in [5.41, 5.74) is 0. The molecule has 0 spiro atoms. The molecule has 23 heavy (non-hydrogen) atoms. The maximum absolute atomic E-state index is 5.59. The first kappa shape index (κ1) is 29.2. The van der Waals surface area contributed by atoms with Gasteiger partial charge in [0.2, 0.25) is 0 Å². The smallest absolute Gasteiger partial charge is 1.00 e. The number of nitrogens with one attached hydrogen (secondary N) is 2. The van der Waals surface area contributed by atoms with E-state index in [1.54, 1.807) is 0 Å². The van der Waals surface area contributed by atoms with Crippen LogP contribution in [-0.4, -0.2) is 74.5 Å². The summed E-state index contributed by atoms with van der Waals surface area (Å²) in [5.74, 6) is 0. The fraction of sp³-hybridized carbons (Fsp3) is 1.00. The van der Waals surface area contributed by atoms with Crippen molar-refractivity contribution in [3.05, 3.63) is 0 Å². The van der Waals surface area contributed by atoms with Crippen molar-refractivity contribution in [1.82, 2.24) is 18.9 Å². The van der Waals surface area contributed by atoms with Crippen LogP contribution in [0, 0.1) is 0 Å². The zero-order valence-corrected chi connectivity index (χ0v) is 18.1. The van der Waals surface area contributed by atoms with Crippen LogP contribution in [0.4, 0.5) is 0 Å². The predicted molar refractivity (Wildman–Crippen MR) is 79.2 cm³/mol. The Hall–Kier alpha value is 1.38. The van der Waals surface area contributed by atoms with Gasteiger partial charge in [0.1, 0.15) is 0 Å². The van der Waals surface area contributed by atoms with E-state index in [1.165, 1.54) is 32.4 Å². The minimum Gasteiger partial charge on any atom is -1.00 e. The molecule has 1 heterocycles. The molecule has 1 fully saturated rings. The van der Waals surface area contributed by atoms with E-state index in [9.17, 15) is 0 Å². The van der Waals surface area contributed by atoms with Crippen LogP contribution in [-0.2, 0) is 25.4 Å². The van der Waals surface area contributed by atoms with E-state index in [2.05, 4.69) is 46.7 Å². The summed E-state index contributed by atoms with van der Waals surface area (Å²) in [7, 11) is 4.04. The van der Waals surface area contributed by atoms with Crippen LogP contribution in [0.3, 0.4) is 0 Å². The molecule has 0 amide bonds. The second-order valence-electron chi connectivity index (χ2n) is 5.54. The molecule has 1 rings (SSSR count). The van der Waals surface area contributed by atoms with Gasteiger partial charge in [0.15, 0.2) is 0 Å². The number of nitrogens with zero attached hydrogens (tertiary/aromatic N) is 2. The Bertz CT molecular complexity index is 246. The standard InChI is InChI=1S/C14H31N4O.3ClH.Ti/c1-18-12-4-9-15-7-3-8-16-11-6-14(19-2)17-10-5-13-18;;;;/h14-16H,3-13H2,1-2H3;3*1H;/q-1;;;;+4/p-3. The van der Waals surface area contributed by atoms with E-state index in [4.69, 9.17) is 4.74 Å². The Labute approximate surface area is 173 Å². The molecule has 2 N–H and O–H groups in total. The van der Waals surface area contributed by atoms with Gasteiger partial charge in [0.05, 0.1) is 0 Å². The maximum atomic E-state index is 5.59. The summed E-state index contributed by atoms with van der Waals surface area (Å²) < 4.78 is 7.93. The number of ether oxygens (including phenoxy) is 1. The van der Waals surface area contributed by atoms with Gasteiger partial charge in [0, 0.05) is 0 Å². The molecular formula is C14H31Cl3N4OTi. The molecule has 0 saturated carbocycles. The van der Waals surface area contributed by atoms with E-state index in [-0.39, 0.29) is 43.4 Å². The molecular weight excluding hydrogens is 394 g/mol. The third kappa shape index (κ3) is 15.4. The van der Waals surface area contributed by atoms with Gasteiger partial charge < -0.3 is 37.2 Å². The monoisotopic (exact) mass is 424 g/mol. The second kappa shape index (κ2) is 19.7. The summed E-state index contributed by atoms with van der Waals surface area (Å²) >= 11 is 2.17. The van der Waals surface area contributed by atoms with Crippen LogP contribution in [0.25, 0.3) is 0 Å². The van der Waals surface area contributed by atoms with Gasteiger partial charge in [-0.3, -0.25) is 0 Å². The van der Waals surface area contributed by atoms with E-state index in [0.717, 1.165) is 39.1 Å². The number of hydrogen-bond acceptors (Lipinski definition) is 5. The second-order valence-corrected chi connectivity index (χ2v) is 6.43. The van der Waals surface area contributed by atoms with Crippen molar-refractivity contribution in [3.63, 3.8) is 0 Å². The quantitative estimate of drug-likeness (QED) is 0.409. The molecule has 9 heteroatoms. The molecule has 5 nitrogen and oxygen atoms in total. The molecule has 0 bridgehead atoms. The third-order valence-electron chi connectivity index (χ3n) is 3.73. The van der Waals surface area contributed by atoms with Crippen LogP contribution in [0.2, 0.25) is 0 Å². The van der Waals surface area contributed by atoms with Crippen molar-refractivity contribution in [2.24, 2.45) is 0 Å². The van der Waals surface area contributed by atoms with Gasteiger partial charge >= 0.3 is 136 Å². The van der Waals surface area contributed by atoms with Crippen LogP contribution < -0.4 is 47.9 Å². The van der Waals surface area contributed by atoms with E-state index < -0.39 is 0 Å². The average Bonchev–Trinajstić information content (AvgIpc) is 2.43. The van der Waals surface area contributed by atoms with Gasteiger partial charge in [0.25, 0.3) is 0 Å². The first-order valence-corrected chi connectivity index (χ1v) is 8.54. The zero-order valence-electron chi connectivity index (χ0n) is 14.3. The molecule has 138 valence electrons. The molecule has 0 radical (unpaired) electrons. The van der Waals surface area contributed by atoms with E-state index in [1.807, 2.05) is 7.11 Å². The molecule has 1 aliphatic heterocycles. The van der Waals surface area contributed by atoms with Crippen molar-refractivity contribution < 1.29 is 62.6 Å². The molecule has 0 aromatic carbocycles. The fourth-order valence-corrected chi connectivity index (χ4v) is 3.07. The van der Waals surface area contributed by atoms with Crippen LogP contribution in [0.5, 0.6) is 0 Å². The van der Waals surface area contributed by atoms with Crippen molar-refractivity contribution in [2.75, 3.05) is 60.0 Å². The van der Waals surface area contributed by atoms with Crippen LogP contribution >= 0.6 is 0 Å². The summed E-state index contributed by atoms with van der Waals surface area (Å²) in [6.07, 6.45) is 4.92. The van der Waals surface area contributed by atoms with Crippen LogP contribution in [0.15, 0.2) is 0 Å². The summed E-state index contributed by atoms with van der Waals surface area (Å²) in [5, 5.41) is 7.02. The topological polar surface area (TPSA) is 39.8 Å². The fourth-order valence-electron chi connectivity index (χ4n) is 2.46. The van der Waals surface area contributed by atoms with E-state index in [0.29, 0.717) is 0 Å². The molecule has 1 unspecified atom stereocenters. The average molecular weight is 426 g/mol. The molecule has 1 atom stereocenters. The predicted octanol–water partition coefficient (Wildman–Crippen LogP) is -8.58. The van der Waals surface area contributed by atoms with Crippen molar-refractivity contribution in [2.45, 2.75) is 31.9 Å². The molecule has 0 aliphatic carbocycles.